The Morgan fingerprint density at radius 3 is 2.64 bits per heavy atom. The van der Waals surface area contributed by atoms with Crippen molar-refractivity contribution in [1.82, 2.24) is 30.8 Å². The van der Waals surface area contributed by atoms with Crippen LogP contribution in [0, 0.1) is 12.8 Å². The average Bonchev–Trinajstić information content (AvgIpc) is 3.01. The van der Waals surface area contributed by atoms with Gasteiger partial charge < -0.3 is 5.32 Å². The van der Waals surface area contributed by atoms with Gasteiger partial charge in [-0.1, -0.05) is 43.8 Å². The minimum Gasteiger partial charge on any atom is -0.338 e. The second kappa shape index (κ2) is 8.61. The Kier molecular flexibility index (Phi) is 6.51. The van der Waals surface area contributed by atoms with E-state index in [1.807, 2.05) is 45.0 Å². The zero-order valence-corrected chi connectivity index (χ0v) is 15.5. The molecule has 8 nitrogen and oxygen atoms in total. The van der Waals surface area contributed by atoms with Crippen molar-refractivity contribution in [3.05, 3.63) is 29.8 Å². The molecule has 1 aromatic heterocycles. The third kappa shape index (κ3) is 5.28. The van der Waals surface area contributed by atoms with Gasteiger partial charge in [-0.15, -0.1) is 5.10 Å². The molecular weight excluding hydrogens is 340 g/mol. The third-order valence-corrected chi connectivity index (χ3v) is 4.38. The SMILES string of the molecule is Cc1ccccc1-n1nnnc1SC(C)C(=O)NC(=O)NCC(C)C. The van der Waals surface area contributed by atoms with E-state index < -0.39 is 17.2 Å². The van der Waals surface area contributed by atoms with Crippen LogP contribution in [0.2, 0.25) is 0 Å². The molecule has 1 atom stereocenters. The van der Waals surface area contributed by atoms with E-state index in [0.717, 1.165) is 11.3 Å². The van der Waals surface area contributed by atoms with E-state index in [-0.39, 0.29) is 0 Å². The smallest absolute Gasteiger partial charge is 0.321 e. The molecule has 1 unspecified atom stereocenters. The first-order valence-electron chi connectivity index (χ1n) is 7.98. The van der Waals surface area contributed by atoms with Crippen molar-refractivity contribution in [3.63, 3.8) is 0 Å². The van der Waals surface area contributed by atoms with Gasteiger partial charge in [0.05, 0.1) is 10.9 Å². The largest absolute Gasteiger partial charge is 0.338 e. The maximum absolute atomic E-state index is 12.2. The van der Waals surface area contributed by atoms with Gasteiger partial charge in [-0.05, 0) is 41.8 Å². The third-order valence-electron chi connectivity index (χ3n) is 3.34. The highest BCUT2D eigenvalue weighted by molar-refractivity contribution is 8.00. The highest BCUT2D eigenvalue weighted by Gasteiger charge is 2.21. The highest BCUT2D eigenvalue weighted by atomic mass is 32.2. The van der Waals surface area contributed by atoms with Crippen LogP contribution >= 0.6 is 11.8 Å². The van der Waals surface area contributed by atoms with Crippen molar-refractivity contribution >= 4 is 23.7 Å². The summed E-state index contributed by atoms with van der Waals surface area (Å²) in [4.78, 5) is 23.9. The maximum Gasteiger partial charge on any atom is 0.321 e. The molecule has 0 aliphatic heterocycles. The number of thioether (sulfide) groups is 1. The predicted molar refractivity (Wildman–Crippen MR) is 95.6 cm³/mol. The summed E-state index contributed by atoms with van der Waals surface area (Å²) >= 11 is 1.19. The molecule has 2 N–H and O–H groups in total. The van der Waals surface area contributed by atoms with Gasteiger partial charge in [0.1, 0.15) is 0 Å². The van der Waals surface area contributed by atoms with Crippen LogP contribution in [0.15, 0.2) is 29.4 Å². The Hall–Kier alpha value is -2.42. The van der Waals surface area contributed by atoms with Gasteiger partial charge in [-0.2, -0.15) is 4.68 Å². The first kappa shape index (κ1) is 18.9. The molecule has 2 aromatic rings. The fourth-order valence-electron chi connectivity index (χ4n) is 1.97. The van der Waals surface area contributed by atoms with E-state index in [0.29, 0.717) is 17.6 Å². The number of nitrogens with one attached hydrogen (secondary N) is 2. The van der Waals surface area contributed by atoms with Gasteiger partial charge >= 0.3 is 6.03 Å². The topological polar surface area (TPSA) is 102 Å². The number of nitrogens with zero attached hydrogens (tertiary/aromatic N) is 4. The summed E-state index contributed by atoms with van der Waals surface area (Å²) in [7, 11) is 0. The summed E-state index contributed by atoms with van der Waals surface area (Å²) < 4.78 is 1.59. The molecule has 0 aliphatic carbocycles. The molecule has 134 valence electrons. The van der Waals surface area contributed by atoms with E-state index in [1.165, 1.54) is 11.8 Å². The van der Waals surface area contributed by atoms with Gasteiger partial charge in [0.15, 0.2) is 0 Å². The monoisotopic (exact) mass is 362 g/mol. The number of imide groups is 1. The summed E-state index contributed by atoms with van der Waals surface area (Å²) in [6.07, 6.45) is 0. The lowest BCUT2D eigenvalue weighted by Crippen LogP contribution is -2.43. The number of rotatable bonds is 6. The standard InChI is InChI=1S/C16H22N6O2S/c1-10(2)9-17-15(24)18-14(23)12(4)25-16-19-20-21-22(16)13-8-6-5-7-11(13)3/h5-8,10,12H,9H2,1-4H3,(H2,17,18,23,24). The Labute approximate surface area is 150 Å². The number of urea groups is 1. The van der Waals surface area contributed by atoms with Crippen molar-refractivity contribution in [3.8, 4) is 5.69 Å². The predicted octanol–water partition coefficient (Wildman–Crippen LogP) is 1.93. The van der Waals surface area contributed by atoms with Gasteiger partial charge in [-0.3, -0.25) is 10.1 Å². The number of carbonyl (C=O) groups is 2. The van der Waals surface area contributed by atoms with Gasteiger partial charge in [0, 0.05) is 6.54 Å². The summed E-state index contributed by atoms with van der Waals surface area (Å²) in [6.45, 7) is 8.12. The molecule has 0 fully saturated rings. The van der Waals surface area contributed by atoms with Crippen molar-refractivity contribution in [2.45, 2.75) is 38.1 Å². The fraction of sp³-hybridized carbons (Fsp3) is 0.438. The molecule has 0 saturated heterocycles. The Morgan fingerprint density at radius 1 is 1.24 bits per heavy atom. The van der Waals surface area contributed by atoms with Crippen molar-refractivity contribution in [1.29, 1.82) is 0 Å². The molecule has 3 amide bonds. The second-order valence-electron chi connectivity index (χ2n) is 6.01. The van der Waals surface area contributed by atoms with E-state index >= 15 is 0 Å². The minimum absolute atomic E-state index is 0.311. The van der Waals surface area contributed by atoms with E-state index in [2.05, 4.69) is 26.2 Å². The maximum atomic E-state index is 12.2. The molecule has 0 saturated carbocycles. The number of hydrogen-bond donors (Lipinski definition) is 2. The first-order valence-corrected chi connectivity index (χ1v) is 8.86. The van der Waals surface area contributed by atoms with Crippen LogP contribution in [0.4, 0.5) is 4.79 Å². The number of amides is 3. The number of aryl methyl sites for hydroxylation is 1. The molecule has 0 radical (unpaired) electrons. The first-order chi connectivity index (χ1) is 11.9. The van der Waals surface area contributed by atoms with Crippen LogP contribution in [0.3, 0.4) is 0 Å². The lowest BCUT2D eigenvalue weighted by Gasteiger charge is -2.13. The number of hydrogen-bond acceptors (Lipinski definition) is 6. The molecule has 9 heteroatoms. The number of carbonyl (C=O) groups excluding carboxylic acids is 2. The lowest BCUT2D eigenvalue weighted by molar-refractivity contribution is -0.119. The van der Waals surface area contributed by atoms with Crippen LogP contribution in [-0.4, -0.2) is 43.9 Å². The summed E-state index contributed by atoms with van der Waals surface area (Å²) in [5.74, 6) is -0.0861. The van der Waals surface area contributed by atoms with Crippen molar-refractivity contribution in [2.75, 3.05) is 6.54 Å². The van der Waals surface area contributed by atoms with Crippen LogP contribution in [0.5, 0.6) is 0 Å². The Morgan fingerprint density at radius 2 is 1.96 bits per heavy atom. The molecule has 25 heavy (non-hydrogen) atoms. The van der Waals surface area contributed by atoms with Crippen LogP contribution < -0.4 is 10.6 Å². The van der Waals surface area contributed by atoms with E-state index in [1.54, 1.807) is 11.6 Å². The van der Waals surface area contributed by atoms with Crippen molar-refractivity contribution < 1.29 is 9.59 Å². The summed E-state index contributed by atoms with van der Waals surface area (Å²) in [6, 6.07) is 7.19. The Bertz CT molecular complexity index is 746. The quantitative estimate of drug-likeness (QED) is 0.762. The molecule has 1 aromatic carbocycles. The number of aromatic nitrogens is 4. The molecule has 1 heterocycles. The van der Waals surface area contributed by atoms with E-state index in [9.17, 15) is 9.59 Å². The summed E-state index contributed by atoms with van der Waals surface area (Å²) in [5, 5.41) is 16.6. The number of benzene rings is 1. The van der Waals surface area contributed by atoms with Crippen LogP contribution in [-0.2, 0) is 4.79 Å². The van der Waals surface area contributed by atoms with Gasteiger partial charge in [0.25, 0.3) is 0 Å². The van der Waals surface area contributed by atoms with Crippen LogP contribution in [0.25, 0.3) is 5.69 Å². The molecule has 0 bridgehead atoms. The number of para-hydroxylation sites is 1. The zero-order chi connectivity index (χ0) is 18.4. The minimum atomic E-state index is -0.529. The average molecular weight is 362 g/mol. The lowest BCUT2D eigenvalue weighted by atomic mass is 10.2. The molecule has 2 rings (SSSR count). The number of tetrazole rings is 1. The van der Waals surface area contributed by atoms with Gasteiger partial charge in [-0.25, -0.2) is 4.79 Å². The Balaban J connectivity index is 2.01. The molecule has 0 spiro atoms. The van der Waals surface area contributed by atoms with Crippen molar-refractivity contribution in [2.24, 2.45) is 5.92 Å². The highest BCUT2D eigenvalue weighted by Crippen LogP contribution is 2.24. The second-order valence-corrected chi connectivity index (χ2v) is 7.32. The van der Waals surface area contributed by atoms with Gasteiger partial charge in [0.2, 0.25) is 11.1 Å². The normalized spacial score (nSPS) is 12.0. The fourth-order valence-corrected chi connectivity index (χ4v) is 2.77. The summed E-state index contributed by atoms with van der Waals surface area (Å²) in [5.41, 5.74) is 1.86. The van der Waals surface area contributed by atoms with E-state index in [4.69, 9.17) is 0 Å². The van der Waals surface area contributed by atoms with Crippen LogP contribution in [0.1, 0.15) is 26.3 Å². The zero-order valence-electron chi connectivity index (χ0n) is 14.7. The molecular formula is C16H22N6O2S. The molecule has 0 aliphatic rings.